The predicted molar refractivity (Wildman–Crippen MR) is 90.4 cm³/mol. The van der Waals surface area contributed by atoms with Crippen LogP contribution in [-0.2, 0) is 5.41 Å². The number of benzene rings is 1. The Hall–Kier alpha value is -1.02. The van der Waals surface area contributed by atoms with Gasteiger partial charge in [0.2, 0.25) is 0 Å². The highest BCUT2D eigenvalue weighted by Crippen LogP contribution is 2.49. The summed E-state index contributed by atoms with van der Waals surface area (Å²) in [7, 11) is 0. The van der Waals surface area contributed by atoms with Gasteiger partial charge in [-0.2, -0.15) is 0 Å². The lowest BCUT2D eigenvalue weighted by molar-refractivity contribution is 0.106. The highest BCUT2D eigenvalue weighted by atomic mass is 15.1. The molecule has 0 aromatic heterocycles. The minimum Gasteiger partial charge on any atom is -0.399 e. The molecule has 0 unspecified atom stereocenters. The Bertz CT molecular complexity index is 471. The second-order valence-corrected chi connectivity index (χ2v) is 8.32. The van der Waals surface area contributed by atoms with E-state index in [1.807, 2.05) is 0 Å². The van der Waals surface area contributed by atoms with Crippen LogP contribution in [0.25, 0.3) is 0 Å². The fourth-order valence-corrected chi connectivity index (χ4v) is 3.91. The zero-order valence-electron chi connectivity index (χ0n) is 13.9. The largest absolute Gasteiger partial charge is 0.399 e. The van der Waals surface area contributed by atoms with Crippen LogP contribution in [0.2, 0.25) is 0 Å². The Morgan fingerprint density at radius 1 is 1.10 bits per heavy atom. The molecule has 2 nitrogen and oxygen atoms in total. The van der Waals surface area contributed by atoms with Gasteiger partial charge in [-0.1, -0.05) is 32.9 Å². The number of nitrogens with zero attached hydrogens (tertiary/aromatic N) is 1. The zero-order valence-corrected chi connectivity index (χ0v) is 13.9. The lowest BCUT2D eigenvalue weighted by atomic mass is 9.75. The first kappa shape index (κ1) is 14.9. The van der Waals surface area contributed by atoms with Gasteiger partial charge in [-0.15, -0.1) is 0 Å². The molecule has 116 valence electrons. The maximum absolute atomic E-state index is 5.82. The van der Waals surface area contributed by atoms with E-state index in [4.69, 9.17) is 5.73 Å². The van der Waals surface area contributed by atoms with Crippen LogP contribution in [0.3, 0.4) is 0 Å². The molecule has 1 aromatic rings. The van der Waals surface area contributed by atoms with E-state index in [0.717, 1.165) is 11.6 Å². The van der Waals surface area contributed by atoms with Crippen molar-refractivity contribution >= 4 is 5.69 Å². The highest BCUT2D eigenvalue weighted by molar-refractivity contribution is 5.43. The van der Waals surface area contributed by atoms with Gasteiger partial charge in [0.15, 0.2) is 0 Å². The molecule has 2 N–H and O–H groups in total. The molecule has 1 saturated carbocycles. The standard InChI is InChI=1S/C19H30N2/c1-18(2,3)15-8-12-21(13-9-15)14-19(10-11-19)16-4-6-17(20)7-5-16/h4-7,15H,8-14,20H2,1-3H3. The lowest BCUT2D eigenvalue weighted by Gasteiger charge is -2.40. The van der Waals surface area contributed by atoms with Crippen molar-refractivity contribution in [1.82, 2.24) is 4.90 Å². The summed E-state index contributed by atoms with van der Waals surface area (Å²) in [5.74, 6) is 0.889. The van der Waals surface area contributed by atoms with Gasteiger partial charge in [0.05, 0.1) is 0 Å². The zero-order chi connectivity index (χ0) is 15.1. The van der Waals surface area contributed by atoms with Gasteiger partial charge in [-0.25, -0.2) is 0 Å². The monoisotopic (exact) mass is 286 g/mol. The summed E-state index contributed by atoms with van der Waals surface area (Å²) in [6.45, 7) is 11.0. The molecule has 0 amide bonds. The van der Waals surface area contributed by atoms with Crippen LogP contribution in [0.15, 0.2) is 24.3 Å². The molecule has 1 saturated heterocycles. The summed E-state index contributed by atoms with van der Waals surface area (Å²) >= 11 is 0. The van der Waals surface area contributed by atoms with Gasteiger partial charge < -0.3 is 10.6 Å². The van der Waals surface area contributed by atoms with Crippen molar-refractivity contribution in [1.29, 1.82) is 0 Å². The number of nitrogen functional groups attached to an aromatic ring is 1. The molecule has 1 aromatic carbocycles. The predicted octanol–water partition coefficient (Wildman–Crippen LogP) is 4.06. The SMILES string of the molecule is CC(C)(C)C1CCN(CC2(c3ccc(N)cc3)CC2)CC1. The third kappa shape index (κ3) is 3.26. The quantitative estimate of drug-likeness (QED) is 0.849. The van der Waals surface area contributed by atoms with E-state index >= 15 is 0 Å². The molecule has 1 aliphatic heterocycles. The average Bonchev–Trinajstić information content (AvgIpc) is 3.20. The van der Waals surface area contributed by atoms with Crippen molar-refractivity contribution < 1.29 is 0 Å². The molecule has 3 rings (SSSR count). The Kier molecular flexibility index (Phi) is 3.77. The number of nitrogens with two attached hydrogens (primary N) is 1. The molecule has 1 aliphatic carbocycles. The van der Waals surface area contributed by atoms with E-state index in [-0.39, 0.29) is 0 Å². The van der Waals surface area contributed by atoms with Crippen molar-refractivity contribution in [3.8, 4) is 0 Å². The van der Waals surface area contributed by atoms with Crippen molar-refractivity contribution in [3.63, 3.8) is 0 Å². The van der Waals surface area contributed by atoms with Gasteiger partial charge >= 0.3 is 0 Å². The highest BCUT2D eigenvalue weighted by Gasteiger charge is 2.45. The fraction of sp³-hybridized carbons (Fsp3) is 0.684. The first-order valence-corrected chi connectivity index (χ1v) is 8.47. The normalized spacial score (nSPS) is 23.2. The van der Waals surface area contributed by atoms with Crippen LogP contribution in [-0.4, -0.2) is 24.5 Å². The molecule has 2 fully saturated rings. The van der Waals surface area contributed by atoms with E-state index < -0.39 is 0 Å². The summed E-state index contributed by atoms with van der Waals surface area (Å²) in [6, 6.07) is 8.59. The second kappa shape index (κ2) is 5.31. The maximum Gasteiger partial charge on any atom is 0.0314 e. The van der Waals surface area contributed by atoms with E-state index in [1.165, 1.54) is 50.9 Å². The third-order valence-electron chi connectivity index (χ3n) is 5.72. The topological polar surface area (TPSA) is 29.3 Å². The third-order valence-corrected chi connectivity index (χ3v) is 5.72. The molecule has 0 radical (unpaired) electrons. The molecule has 0 atom stereocenters. The van der Waals surface area contributed by atoms with E-state index in [0.29, 0.717) is 10.8 Å². The van der Waals surface area contributed by atoms with Crippen LogP contribution >= 0.6 is 0 Å². The number of piperidine rings is 1. The molecule has 2 aliphatic rings. The average molecular weight is 286 g/mol. The van der Waals surface area contributed by atoms with Gasteiger partial charge in [0, 0.05) is 17.6 Å². The first-order valence-electron chi connectivity index (χ1n) is 8.47. The van der Waals surface area contributed by atoms with E-state index in [2.05, 4.69) is 49.9 Å². The molecular formula is C19H30N2. The van der Waals surface area contributed by atoms with Gasteiger partial charge in [-0.05, 0) is 67.8 Å². The number of hydrogen-bond acceptors (Lipinski definition) is 2. The smallest absolute Gasteiger partial charge is 0.0314 e. The minimum absolute atomic E-state index is 0.433. The molecular weight excluding hydrogens is 256 g/mol. The molecule has 1 heterocycles. The van der Waals surface area contributed by atoms with Crippen LogP contribution < -0.4 is 5.73 Å². The van der Waals surface area contributed by atoms with Crippen LogP contribution in [0.4, 0.5) is 5.69 Å². The summed E-state index contributed by atoms with van der Waals surface area (Å²) in [6.07, 6.45) is 5.41. The van der Waals surface area contributed by atoms with Crippen LogP contribution in [0, 0.1) is 11.3 Å². The van der Waals surface area contributed by atoms with Crippen molar-refractivity contribution in [3.05, 3.63) is 29.8 Å². The summed E-state index contributed by atoms with van der Waals surface area (Å²) < 4.78 is 0. The molecule has 0 spiro atoms. The minimum atomic E-state index is 0.433. The van der Waals surface area contributed by atoms with Crippen molar-refractivity contribution in [2.24, 2.45) is 11.3 Å². The molecule has 2 heteroatoms. The van der Waals surface area contributed by atoms with Gasteiger partial charge in [-0.3, -0.25) is 0 Å². The van der Waals surface area contributed by atoms with Crippen molar-refractivity contribution in [2.75, 3.05) is 25.4 Å². The Morgan fingerprint density at radius 3 is 2.14 bits per heavy atom. The Morgan fingerprint density at radius 2 is 1.67 bits per heavy atom. The Balaban J connectivity index is 1.59. The van der Waals surface area contributed by atoms with Gasteiger partial charge in [0.1, 0.15) is 0 Å². The maximum atomic E-state index is 5.82. The summed E-state index contributed by atoms with van der Waals surface area (Å²) in [5, 5.41) is 0. The Labute approximate surface area is 129 Å². The van der Waals surface area contributed by atoms with Crippen LogP contribution in [0.1, 0.15) is 52.0 Å². The number of anilines is 1. The first-order chi connectivity index (χ1) is 9.89. The van der Waals surface area contributed by atoms with E-state index in [1.54, 1.807) is 0 Å². The number of likely N-dealkylation sites (tertiary alicyclic amines) is 1. The summed E-state index contributed by atoms with van der Waals surface area (Å²) in [4.78, 5) is 2.70. The number of hydrogen-bond donors (Lipinski definition) is 1. The summed E-state index contributed by atoms with van der Waals surface area (Å²) in [5.41, 5.74) is 9.10. The second-order valence-electron chi connectivity index (χ2n) is 8.32. The van der Waals surface area contributed by atoms with Gasteiger partial charge in [0.25, 0.3) is 0 Å². The number of rotatable bonds is 3. The molecule has 0 bridgehead atoms. The lowest BCUT2D eigenvalue weighted by Crippen LogP contribution is -2.41. The van der Waals surface area contributed by atoms with Crippen LogP contribution in [0.5, 0.6) is 0 Å². The fourth-order valence-electron chi connectivity index (χ4n) is 3.91. The molecule has 21 heavy (non-hydrogen) atoms. The van der Waals surface area contributed by atoms with E-state index in [9.17, 15) is 0 Å². The van der Waals surface area contributed by atoms with Crippen molar-refractivity contribution in [2.45, 2.75) is 51.9 Å².